The summed E-state index contributed by atoms with van der Waals surface area (Å²) in [6.07, 6.45) is 1.15. The fourth-order valence-electron chi connectivity index (χ4n) is 3.06. The van der Waals surface area contributed by atoms with Crippen molar-refractivity contribution in [1.29, 1.82) is 0 Å². The monoisotopic (exact) mass is 240 g/mol. The number of carbonyl (C=O) groups excluding carboxylic acids is 2. The Hall–Kier alpha value is -0.900. The zero-order valence-corrected chi connectivity index (χ0v) is 11.2. The fraction of sp³-hybridized carbons (Fsp3) is 0.846. The molecule has 0 aromatic rings. The molecule has 96 valence electrons. The Bertz CT molecular complexity index is 340. The summed E-state index contributed by atoms with van der Waals surface area (Å²) >= 11 is 0. The van der Waals surface area contributed by atoms with E-state index in [0.29, 0.717) is 34.9 Å². The van der Waals surface area contributed by atoms with Crippen LogP contribution in [0.5, 0.6) is 0 Å². The Kier molecular flexibility index (Phi) is 2.81. The predicted molar refractivity (Wildman–Crippen MR) is 63.4 cm³/mol. The minimum Gasteiger partial charge on any atom is -0.414 e. The first-order valence-electron chi connectivity index (χ1n) is 6.29. The highest BCUT2D eigenvalue weighted by Crippen LogP contribution is 2.39. The number of amides is 1. The molecule has 0 aromatic heterocycles. The van der Waals surface area contributed by atoms with Crippen molar-refractivity contribution in [2.24, 2.45) is 11.8 Å². The molecule has 1 amide bonds. The Morgan fingerprint density at radius 2 is 1.71 bits per heavy atom. The van der Waals surface area contributed by atoms with Crippen LogP contribution in [0, 0.1) is 11.8 Å². The number of nitrogens with zero attached hydrogens (tertiary/aromatic N) is 1. The van der Waals surface area contributed by atoms with E-state index in [9.17, 15) is 9.59 Å². The first kappa shape index (κ1) is 12.6. The highest BCUT2D eigenvalue weighted by atomic mass is 16.6. The van der Waals surface area contributed by atoms with Gasteiger partial charge in [0.05, 0.1) is 20.1 Å². The summed E-state index contributed by atoms with van der Waals surface area (Å²) in [5, 5.41) is 0. The Morgan fingerprint density at radius 3 is 2.12 bits per heavy atom. The molecule has 2 unspecified atom stereocenters. The van der Waals surface area contributed by atoms with Crippen LogP contribution in [0.3, 0.4) is 0 Å². The van der Waals surface area contributed by atoms with Gasteiger partial charge in [-0.3, -0.25) is 4.79 Å². The molecule has 17 heavy (non-hydrogen) atoms. The zero-order chi connectivity index (χ0) is 12.8. The third-order valence-electron chi connectivity index (χ3n) is 3.76. The average molecular weight is 240 g/mol. The number of quaternary nitrogens is 1. The van der Waals surface area contributed by atoms with Crippen LogP contribution in [-0.4, -0.2) is 42.1 Å². The topological polar surface area (TPSA) is 43.4 Å². The third kappa shape index (κ3) is 2.51. The van der Waals surface area contributed by atoms with E-state index in [1.165, 1.54) is 0 Å². The second-order valence-electron chi connectivity index (χ2n) is 6.71. The second kappa shape index (κ2) is 3.80. The average Bonchev–Trinajstić information content (AvgIpc) is 2.55. The number of fused-ring (bicyclic) bond motifs is 1. The molecule has 0 N–H and O–H groups in total. The highest BCUT2D eigenvalue weighted by Gasteiger charge is 2.52. The number of Topliss-reactive ketones (excluding diaryl/α,β-unsaturated/α-hetero) is 1. The van der Waals surface area contributed by atoms with Crippen molar-refractivity contribution in [3.8, 4) is 0 Å². The molecule has 2 rings (SSSR count). The molecule has 2 aliphatic rings. The quantitative estimate of drug-likeness (QED) is 0.608. The lowest BCUT2D eigenvalue weighted by Gasteiger charge is -2.29. The summed E-state index contributed by atoms with van der Waals surface area (Å²) in [7, 11) is 1.93. The van der Waals surface area contributed by atoms with Crippen LogP contribution in [0.4, 0.5) is 4.79 Å². The molecule has 1 saturated carbocycles. The van der Waals surface area contributed by atoms with E-state index in [1.54, 1.807) is 0 Å². The Balaban J connectivity index is 2.03. The lowest BCUT2D eigenvalue weighted by Crippen LogP contribution is -2.50. The van der Waals surface area contributed by atoms with Gasteiger partial charge in [-0.05, 0) is 20.8 Å². The van der Waals surface area contributed by atoms with Gasteiger partial charge in [-0.15, -0.1) is 0 Å². The molecule has 4 nitrogen and oxygen atoms in total. The molecule has 1 aliphatic heterocycles. The maximum absolute atomic E-state index is 12.2. The number of hydrogen-bond donors (Lipinski definition) is 0. The number of ether oxygens (including phenoxy) is 1. The van der Waals surface area contributed by atoms with Crippen molar-refractivity contribution in [2.45, 2.75) is 39.2 Å². The van der Waals surface area contributed by atoms with Crippen LogP contribution in [-0.2, 0) is 9.53 Å². The maximum Gasteiger partial charge on any atom is 0.516 e. The Morgan fingerprint density at radius 1 is 1.24 bits per heavy atom. The van der Waals surface area contributed by atoms with Gasteiger partial charge >= 0.3 is 6.09 Å². The minimum atomic E-state index is -0.439. The van der Waals surface area contributed by atoms with Crippen LogP contribution >= 0.6 is 0 Å². The molecule has 0 radical (unpaired) electrons. The summed E-state index contributed by atoms with van der Waals surface area (Å²) < 4.78 is 5.80. The highest BCUT2D eigenvalue weighted by molar-refractivity contribution is 5.81. The van der Waals surface area contributed by atoms with E-state index in [1.807, 2.05) is 27.8 Å². The standard InChI is InChI=1S/C13H22NO3/c1-13(2,3)17-12(16)14(4)7-9-5-11(15)6-10(9)8-14/h9-10H,5-8H2,1-4H3/q+1. The summed E-state index contributed by atoms with van der Waals surface area (Å²) in [5.41, 5.74) is -0.439. The van der Waals surface area contributed by atoms with Crippen molar-refractivity contribution >= 4 is 11.9 Å². The van der Waals surface area contributed by atoms with E-state index >= 15 is 0 Å². The molecule has 1 heterocycles. The number of likely N-dealkylation sites (tertiary alicyclic amines) is 1. The van der Waals surface area contributed by atoms with Crippen LogP contribution in [0.25, 0.3) is 0 Å². The number of hydrogen-bond acceptors (Lipinski definition) is 3. The molecule has 0 bridgehead atoms. The van der Waals surface area contributed by atoms with E-state index in [-0.39, 0.29) is 6.09 Å². The zero-order valence-electron chi connectivity index (χ0n) is 11.2. The van der Waals surface area contributed by atoms with Crippen LogP contribution in [0.15, 0.2) is 0 Å². The third-order valence-corrected chi connectivity index (χ3v) is 3.76. The number of carbonyl (C=O) groups is 2. The van der Waals surface area contributed by atoms with Crippen LogP contribution < -0.4 is 0 Å². The minimum absolute atomic E-state index is 0.153. The molecule has 0 spiro atoms. The molecule has 0 aromatic carbocycles. The number of ketones is 1. The van der Waals surface area contributed by atoms with Gasteiger partial charge in [0.1, 0.15) is 11.4 Å². The van der Waals surface area contributed by atoms with Gasteiger partial charge in [-0.2, -0.15) is 4.79 Å². The Labute approximate surface area is 103 Å². The van der Waals surface area contributed by atoms with Gasteiger partial charge in [-0.1, -0.05) is 0 Å². The first-order chi connectivity index (χ1) is 7.70. The SMILES string of the molecule is CC(C)(C)OC(=O)[N+]1(C)CC2CC(=O)CC2C1. The van der Waals surface area contributed by atoms with Gasteiger partial charge in [0, 0.05) is 24.7 Å². The van der Waals surface area contributed by atoms with Crippen molar-refractivity contribution in [2.75, 3.05) is 20.1 Å². The van der Waals surface area contributed by atoms with Crippen molar-refractivity contribution in [3.63, 3.8) is 0 Å². The molecule has 2 fully saturated rings. The van der Waals surface area contributed by atoms with Crippen LogP contribution in [0.1, 0.15) is 33.6 Å². The maximum atomic E-state index is 12.2. The molecule has 1 aliphatic carbocycles. The van der Waals surface area contributed by atoms with Gasteiger partial charge in [-0.25, -0.2) is 4.48 Å². The fourth-order valence-corrected chi connectivity index (χ4v) is 3.06. The molecular weight excluding hydrogens is 218 g/mol. The summed E-state index contributed by atoms with van der Waals surface area (Å²) in [5.74, 6) is 1.13. The van der Waals surface area contributed by atoms with E-state index in [0.717, 1.165) is 13.1 Å². The largest absolute Gasteiger partial charge is 0.516 e. The number of rotatable bonds is 0. The van der Waals surface area contributed by atoms with Crippen LogP contribution in [0.2, 0.25) is 0 Å². The first-order valence-corrected chi connectivity index (χ1v) is 6.29. The normalized spacial score (nSPS) is 37.1. The lowest BCUT2D eigenvalue weighted by atomic mass is 10.0. The molecule has 2 atom stereocenters. The predicted octanol–water partition coefficient (Wildman–Crippen LogP) is 1.98. The van der Waals surface area contributed by atoms with Gasteiger partial charge in [0.15, 0.2) is 0 Å². The molecule has 4 heteroatoms. The van der Waals surface area contributed by atoms with E-state index < -0.39 is 5.60 Å². The summed E-state index contributed by atoms with van der Waals surface area (Å²) in [6.45, 7) is 7.17. The van der Waals surface area contributed by atoms with E-state index in [4.69, 9.17) is 4.74 Å². The van der Waals surface area contributed by atoms with Crippen molar-refractivity contribution in [3.05, 3.63) is 0 Å². The summed E-state index contributed by atoms with van der Waals surface area (Å²) in [4.78, 5) is 23.5. The van der Waals surface area contributed by atoms with Gasteiger partial charge < -0.3 is 4.74 Å². The summed E-state index contributed by atoms with van der Waals surface area (Å²) in [6, 6.07) is 0. The smallest absolute Gasteiger partial charge is 0.414 e. The van der Waals surface area contributed by atoms with E-state index in [2.05, 4.69) is 0 Å². The van der Waals surface area contributed by atoms with Crippen molar-refractivity contribution < 1.29 is 18.8 Å². The second-order valence-corrected chi connectivity index (χ2v) is 6.71. The molecular formula is C13H22NO3+. The van der Waals surface area contributed by atoms with Gasteiger partial charge in [0.2, 0.25) is 0 Å². The molecule has 1 saturated heterocycles. The van der Waals surface area contributed by atoms with Gasteiger partial charge in [0.25, 0.3) is 0 Å². The van der Waals surface area contributed by atoms with Crippen molar-refractivity contribution in [1.82, 2.24) is 0 Å². The lowest BCUT2D eigenvalue weighted by molar-refractivity contribution is -0.828.